The lowest BCUT2D eigenvalue weighted by atomic mass is 10.0. The van der Waals surface area contributed by atoms with Gasteiger partial charge in [0.15, 0.2) is 0 Å². The number of nitro benzene ring substituents is 1. The molecule has 3 rings (SSSR count). The van der Waals surface area contributed by atoms with Gasteiger partial charge in [0.1, 0.15) is 5.69 Å². The van der Waals surface area contributed by atoms with Crippen LogP contribution in [-0.4, -0.2) is 40.2 Å². The molecule has 1 amide bonds. The molecule has 2 heterocycles. The van der Waals surface area contributed by atoms with Crippen LogP contribution in [-0.2, 0) is 7.05 Å². The van der Waals surface area contributed by atoms with E-state index in [0.29, 0.717) is 29.3 Å². The number of hydrogen-bond acceptors (Lipinski definition) is 5. The van der Waals surface area contributed by atoms with Crippen LogP contribution in [0.15, 0.2) is 30.5 Å². The van der Waals surface area contributed by atoms with E-state index in [0.717, 1.165) is 25.9 Å². The maximum absolute atomic E-state index is 12.5. The summed E-state index contributed by atoms with van der Waals surface area (Å²) in [6.45, 7) is 2.68. The predicted molar refractivity (Wildman–Crippen MR) is 93.2 cm³/mol. The van der Waals surface area contributed by atoms with Crippen LogP contribution < -0.4 is 10.6 Å². The molecule has 2 N–H and O–H groups in total. The van der Waals surface area contributed by atoms with E-state index < -0.39 is 4.92 Å². The second-order valence-electron chi connectivity index (χ2n) is 6.27. The Kier molecular flexibility index (Phi) is 5.08. The standard InChI is InChI=1S/C17H21N5O3/c1-21-11-15(17(23)19-9-7-12-6-8-18-10-12)16(20-21)13-2-4-14(5-3-13)22(24)25/h2-5,11-12,18H,6-10H2,1H3,(H,19,23). The summed E-state index contributed by atoms with van der Waals surface area (Å²) in [5.74, 6) is 0.441. The van der Waals surface area contributed by atoms with Crippen LogP contribution in [0.4, 0.5) is 5.69 Å². The number of non-ortho nitro benzene ring substituents is 1. The highest BCUT2D eigenvalue weighted by Crippen LogP contribution is 2.24. The van der Waals surface area contributed by atoms with Gasteiger partial charge >= 0.3 is 0 Å². The Bertz CT molecular complexity index is 763. The summed E-state index contributed by atoms with van der Waals surface area (Å²) >= 11 is 0. The third-order valence-corrected chi connectivity index (χ3v) is 4.43. The van der Waals surface area contributed by atoms with Crippen LogP contribution in [0, 0.1) is 16.0 Å². The smallest absolute Gasteiger partial charge is 0.269 e. The first-order valence-corrected chi connectivity index (χ1v) is 8.32. The average molecular weight is 343 g/mol. The van der Waals surface area contributed by atoms with E-state index in [2.05, 4.69) is 15.7 Å². The molecule has 0 radical (unpaired) electrons. The molecule has 2 aromatic rings. The van der Waals surface area contributed by atoms with Crippen molar-refractivity contribution in [2.75, 3.05) is 19.6 Å². The molecular weight excluding hydrogens is 322 g/mol. The summed E-state index contributed by atoms with van der Waals surface area (Å²) in [7, 11) is 1.75. The van der Waals surface area contributed by atoms with Gasteiger partial charge in [0.2, 0.25) is 0 Å². The van der Waals surface area contributed by atoms with Crippen LogP contribution >= 0.6 is 0 Å². The Morgan fingerprint density at radius 1 is 1.44 bits per heavy atom. The maximum atomic E-state index is 12.5. The summed E-state index contributed by atoms with van der Waals surface area (Å²) in [4.78, 5) is 22.8. The second-order valence-corrected chi connectivity index (χ2v) is 6.27. The molecule has 0 saturated carbocycles. The summed E-state index contributed by atoms with van der Waals surface area (Å²) in [6, 6.07) is 6.06. The number of carbonyl (C=O) groups excluding carboxylic acids is 1. The molecule has 8 nitrogen and oxygen atoms in total. The quantitative estimate of drug-likeness (QED) is 0.614. The number of nitro groups is 1. The van der Waals surface area contributed by atoms with E-state index in [4.69, 9.17) is 0 Å². The average Bonchev–Trinajstić information content (AvgIpc) is 3.24. The molecule has 25 heavy (non-hydrogen) atoms. The lowest BCUT2D eigenvalue weighted by Gasteiger charge is -2.09. The SMILES string of the molecule is Cn1cc(C(=O)NCCC2CCNC2)c(-c2ccc([N+](=O)[O-])cc2)n1. The second kappa shape index (κ2) is 7.43. The van der Waals surface area contributed by atoms with Crippen LogP contribution in [0.2, 0.25) is 0 Å². The van der Waals surface area contributed by atoms with Crippen LogP contribution in [0.25, 0.3) is 11.3 Å². The number of amides is 1. The number of carbonyl (C=O) groups is 1. The number of aryl methyl sites for hydroxylation is 1. The fourth-order valence-corrected chi connectivity index (χ4v) is 3.05. The van der Waals surface area contributed by atoms with Crippen molar-refractivity contribution in [2.45, 2.75) is 12.8 Å². The van der Waals surface area contributed by atoms with Gasteiger partial charge in [-0.3, -0.25) is 19.6 Å². The van der Waals surface area contributed by atoms with Crippen molar-refractivity contribution in [2.24, 2.45) is 13.0 Å². The van der Waals surface area contributed by atoms with Crippen molar-refractivity contribution in [1.82, 2.24) is 20.4 Å². The molecule has 1 fully saturated rings. The molecule has 1 aromatic heterocycles. The van der Waals surface area contributed by atoms with Crippen molar-refractivity contribution in [3.8, 4) is 11.3 Å². The zero-order valence-corrected chi connectivity index (χ0v) is 14.1. The van der Waals surface area contributed by atoms with Crippen molar-refractivity contribution in [3.63, 3.8) is 0 Å². The molecule has 1 unspecified atom stereocenters. The summed E-state index contributed by atoms with van der Waals surface area (Å²) in [5.41, 5.74) is 1.69. The Balaban J connectivity index is 1.71. The lowest BCUT2D eigenvalue weighted by molar-refractivity contribution is -0.384. The zero-order chi connectivity index (χ0) is 17.8. The number of aromatic nitrogens is 2. The highest BCUT2D eigenvalue weighted by Gasteiger charge is 2.19. The van der Waals surface area contributed by atoms with Crippen LogP contribution in [0.5, 0.6) is 0 Å². The monoisotopic (exact) mass is 343 g/mol. The molecule has 1 saturated heterocycles. The predicted octanol–water partition coefficient (Wildman–Crippen LogP) is 1.72. The molecule has 1 atom stereocenters. The van der Waals surface area contributed by atoms with Gasteiger partial charge in [-0.1, -0.05) is 0 Å². The van der Waals surface area contributed by atoms with Crippen molar-refractivity contribution >= 4 is 11.6 Å². The fourth-order valence-electron chi connectivity index (χ4n) is 3.05. The first kappa shape index (κ1) is 17.1. The van der Waals surface area contributed by atoms with E-state index in [9.17, 15) is 14.9 Å². The van der Waals surface area contributed by atoms with E-state index in [1.165, 1.54) is 12.1 Å². The van der Waals surface area contributed by atoms with Gasteiger partial charge in [0.25, 0.3) is 11.6 Å². The third-order valence-electron chi connectivity index (χ3n) is 4.43. The zero-order valence-electron chi connectivity index (χ0n) is 14.1. The third kappa shape index (κ3) is 4.03. The number of rotatable bonds is 6. The molecule has 0 spiro atoms. The largest absolute Gasteiger partial charge is 0.352 e. The number of nitrogens with one attached hydrogen (secondary N) is 2. The van der Waals surface area contributed by atoms with E-state index in [1.807, 2.05) is 0 Å². The Morgan fingerprint density at radius 2 is 2.20 bits per heavy atom. The highest BCUT2D eigenvalue weighted by molar-refractivity contribution is 5.99. The van der Waals surface area contributed by atoms with Gasteiger partial charge in [-0.15, -0.1) is 0 Å². The number of hydrogen-bond donors (Lipinski definition) is 2. The van der Waals surface area contributed by atoms with Gasteiger partial charge in [0, 0.05) is 37.5 Å². The Labute approximate surface area is 145 Å². The molecule has 0 bridgehead atoms. The van der Waals surface area contributed by atoms with E-state index >= 15 is 0 Å². The van der Waals surface area contributed by atoms with Gasteiger partial charge in [0.05, 0.1) is 10.5 Å². The Morgan fingerprint density at radius 3 is 2.84 bits per heavy atom. The van der Waals surface area contributed by atoms with Crippen molar-refractivity contribution < 1.29 is 9.72 Å². The molecular formula is C17H21N5O3. The maximum Gasteiger partial charge on any atom is 0.269 e. The van der Waals surface area contributed by atoms with Gasteiger partial charge < -0.3 is 10.6 Å². The van der Waals surface area contributed by atoms with Crippen molar-refractivity contribution in [1.29, 1.82) is 0 Å². The molecule has 0 aliphatic carbocycles. The first-order chi connectivity index (χ1) is 12.0. The van der Waals surface area contributed by atoms with Gasteiger partial charge in [-0.05, 0) is 44.0 Å². The minimum absolute atomic E-state index is 0.0101. The highest BCUT2D eigenvalue weighted by atomic mass is 16.6. The topological polar surface area (TPSA) is 102 Å². The van der Waals surface area contributed by atoms with E-state index in [-0.39, 0.29) is 11.6 Å². The molecule has 8 heteroatoms. The van der Waals surface area contributed by atoms with Crippen LogP contribution in [0.1, 0.15) is 23.2 Å². The minimum Gasteiger partial charge on any atom is -0.352 e. The van der Waals surface area contributed by atoms with Gasteiger partial charge in [-0.2, -0.15) is 5.10 Å². The van der Waals surface area contributed by atoms with Crippen molar-refractivity contribution in [3.05, 3.63) is 46.1 Å². The fraction of sp³-hybridized carbons (Fsp3) is 0.412. The molecule has 1 aromatic carbocycles. The normalized spacial score (nSPS) is 16.8. The molecule has 132 valence electrons. The van der Waals surface area contributed by atoms with Crippen LogP contribution in [0.3, 0.4) is 0 Å². The summed E-state index contributed by atoms with van der Waals surface area (Å²) in [6.07, 6.45) is 3.77. The number of nitrogens with zero attached hydrogens (tertiary/aromatic N) is 3. The van der Waals surface area contributed by atoms with E-state index in [1.54, 1.807) is 30.1 Å². The molecule has 1 aliphatic rings. The Hall–Kier alpha value is -2.74. The summed E-state index contributed by atoms with van der Waals surface area (Å²) in [5, 5.41) is 21.4. The van der Waals surface area contributed by atoms with Gasteiger partial charge in [-0.25, -0.2) is 0 Å². The summed E-state index contributed by atoms with van der Waals surface area (Å²) < 4.78 is 1.58. The first-order valence-electron chi connectivity index (χ1n) is 8.32. The lowest BCUT2D eigenvalue weighted by Crippen LogP contribution is -2.26. The minimum atomic E-state index is -0.451. The number of benzene rings is 1. The molecule has 1 aliphatic heterocycles.